The lowest BCUT2D eigenvalue weighted by Gasteiger charge is -2.10. The average molecular weight is 381 g/mol. The van der Waals surface area contributed by atoms with Gasteiger partial charge < -0.3 is 10.1 Å². The van der Waals surface area contributed by atoms with Crippen LogP contribution in [0.5, 0.6) is 5.75 Å². The minimum Gasteiger partial charge on any atom is -0.484 e. The van der Waals surface area contributed by atoms with Gasteiger partial charge in [0.15, 0.2) is 6.61 Å². The largest absolute Gasteiger partial charge is 0.484 e. The van der Waals surface area contributed by atoms with Crippen LogP contribution in [0.4, 0.5) is 5.69 Å². The van der Waals surface area contributed by atoms with Crippen molar-refractivity contribution in [2.24, 2.45) is 0 Å². The molecule has 122 valence electrons. The number of rotatable bonds is 4. The van der Waals surface area contributed by atoms with E-state index in [4.69, 9.17) is 39.5 Å². The van der Waals surface area contributed by atoms with Crippen molar-refractivity contribution < 1.29 is 9.53 Å². The lowest BCUT2D eigenvalue weighted by Crippen LogP contribution is -2.20. The fraction of sp³-hybridized carbons (Fsp3) is 0.0556. The molecule has 0 radical (unpaired) electrons. The quantitative estimate of drug-likeness (QED) is 0.579. The first-order valence-corrected chi connectivity index (χ1v) is 8.22. The Balaban J connectivity index is 1.65. The molecular weight excluding hydrogens is 369 g/mol. The second kappa shape index (κ2) is 7.31. The molecular formula is C18H12Cl3NO2. The molecule has 0 spiro atoms. The number of amides is 1. The predicted octanol–water partition coefficient (Wildman–Crippen LogP) is 5.82. The molecule has 1 N–H and O–H groups in total. The Kier molecular flexibility index (Phi) is 5.14. The third kappa shape index (κ3) is 3.93. The number of fused-ring (bicyclic) bond motifs is 1. The van der Waals surface area contributed by atoms with E-state index >= 15 is 0 Å². The summed E-state index contributed by atoms with van der Waals surface area (Å²) in [5.41, 5.74) is 0.387. The number of hydrogen-bond donors (Lipinski definition) is 1. The Labute approximate surface area is 154 Å². The molecule has 0 aliphatic carbocycles. The number of anilines is 1. The summed E-state index contributed by atoms with van der Waals surface area (Å²) in [6.07, 6.45) is 0. The molecule has 3 nitrogen and oxygen atoms in total. The van der Waals surface area contributed by atoms with Gasteiger partial charge in [0.2, 0.25) is 0 Å². The van der Waals surface area contributed by atoms with Crippen molar-refractivity contribution in [3.63, 3.8) is 0 Å². The number of nitrogens with one attached hydrogen (secondary N) is 1. The molecule has 0 aromatic heterocycles. The third-order valence-corrected chi connectivity index (χ3v) is 4.41. The van der Waals surface area contributed by atoms with E-state index in [1.807, 2.05) is 42.5 Å². The summed E-state index contributed by atoms with van der Waals surface area (Å²) < 4.78 is 5.53. The van der Waals surface area contributed by atoms with Crippen molar-refractivity contribution in [1.29, 1.82) is 0 Å². The topological polar surface area (TPSA) is 38.3 Å². The van der Waals surface area contributed by atoms with Crippen LogP contribution in [0, 0.1) is 0 Å². The van der Waals surface area contributed by atoms with Crippen molar-refractivity contribution >= 4 is 57.2 Å². The molecule has 0 heterocycles. The molecule has 0 aliphatic rings. The molecule has 0 saturated heterocycles. The highest BCUT2D eigenvalue weighted by Crippen LogP contribution is 2.32. The summed E-state index contributed by atoms with van der Waals surface area (Å²) >= 11 is 17.8. The van der Waals surface area contributed by atoms with Gasteiger partial charge in [-0.15, -0.1) is 0 Å². The first-order chi connectivity index (χ1) is 11.5. The van der Waals surface area contributed by atoms with Gasteiger partial charge in [-0.05, 0) is 35.0 Å². The molecule has 3 rings (SSSR count). The zero-order valence-corrected chi connectivity index (χ0v) is 14.6. The first kappa shape index (κ1) is 16.9. The number of carbonyl (C=O) groups excluding carboxylic acids is 1. The zero-order chi connectivity index (χ0) is 17.1. The van der Waals surface area contributed by atoms with Crippen LogP contribution in [0.1, 0.15) is 0 Å². The van der Waals surface area contributed by atoms with Gasteiger partial charge in [0.1, 0.15) is 5.75 Å². The second-order valence-electron chi connectivity index (χ2n) is 5.09. The van der Waals surface area contributed by atoms with Crippen LogP contribution >= 0.6 is 34.8 Å². The van der Waals surface area contributed by atoms with Gasteiger partial charge in [0, 0.05) is 0 Å². The summed E-state index contributed by atoms with van der Waals surface area (Å²) in [5.74, 6) is 0.271. The number of hydrogen-bond acceptors (Lipinski definition) is 2. The third-order valence-electron chi connectivity index (χ3n) is 3.37. The maximum atomic E-state index is 12.0. The van der Waals surface area contributed by atoms with E-state index in [-0.39, 0.29) is 12.5 Å². The zero-order valence-electron chi connectivity index (χ0n) is 12.4. The van der Waals surface area contributed by atoms with Crippen LogP contribution < -0.4 is 10.1 Å². The fourth-order valence-corrected chi connectivity index (χ4v) is 2.80. The van der Waals surface area contributed by atoms with Crippen LogP contribution in [-0.4, -0.2) is 12.5 Å². The Hall–Kier alpha value is -1.94. The molecule has 0 saturated carbocycles. The highest BCUT2D eigenvalue weighted by molar-refractivity contribution is 6.44. The number of ether oxygens (including phenoxy) is 1. The summed E-state index contributed by atoms with van der Waals surface area (Å²) in [6, 6.07) is 16.5. The SMILES string of the molecule is O=C(COc1ccc2ccccc2c1)Nc1cc(Cl)c(Cl)cc1Cl. The Morgan fingerprint density at radius 2 is 1.58 bits per heavy atom. The monoisotopic (exact) mass is 379 g/mol. The van der Waals surface area contributed by atoms with Crippen LogP contribution in [0.3, 0.4) is 0 Å². The van der Waals surface area contributed by atoms with Gasteiger partial charge in [0.25, 0.3) is 5.91 Å². The van der Waals surface area contributed by atoms with Gasteiger partial charge in [-0.2, -0.15) is 0 Å². The molecule has 0 aliphatic heterocycles. The van der Waals surface area contributed by atoms with Gasteiger partial charge in [0.05, 0.1) is 20.8 Å². The van der Waals surface area contributed by atoms with Gasteiger partial charge in [-0.1, -0.05) is 65.1 Å². The molecule has 0 fully saturated rings. The number of carbonyl (C=O) groups is 1. The summed E-state index contributed by atoms with van der Waals surface area (Å²) in [4.78, 5) is 12.0. The van der Waals surface area contributed by atoms with Crippen molar-refractivity contribution in [3.05, 3.63) is 69.7 Å². The second-order valence-corrected chi connectivity index (χ2v) is 6.31. The van der Waals surface area contributed by atoms with Crippen molar-refractivity contribution in [3.8, 4) is 5.75 Å². The van der Waals surface area contributed by atoms with E-state index in [1.165, 1.54) is 12.1 Å². The van der Waals surface area contributed by atoms with Crippen LogP contribution in [-0.2, 0) is 4.79 Å². The summed E-state index contributed by atoms with van der Waals surface area (Å²) in [6.45, 7) is -0.144. The van der Waals surface area contributed by atoms with Gasteiger partial charge in [-0.3, -0.25) is 4.79 Å². The molecule has 0 unspecified atom stereocenters. The van der Waals surface area contributed by atoms with Crippen molar-refractivity contribution in [1.82, 2.24) is 0 Å². The van der Waals surface area contributed by atoms with Crippen LogP contribution in [0.15, 0.2) is 54.6 Å². The van der Waals surface area contributed by atoms with Crippen LogP contribution in [0.2, 0.25) is 15.1 Å². The molecule has 3 aromatic carbocycles. The molecule has 24 heavy (non-hydrogen) atoms. The molecule has 6 heteroatoms. The molecule has 0 atom stereocenters. The molecule has 3 aromatic rings. The van der Waals surface area contributed by atoms with Gasteiger partial charge >= 0.3 is 0 Å². The molecule has 1 amide bonds. The number of benzene rings is 3. The predicted molar refractivity (Wildman–Crippen MR) is 99.5 cm³/mol. The molecule has 0 bridgehead atoms. The Bertz CT molecular complexity index is 912. The van der Waals surface area contributed by atoms with E-state index in [2.05, 4.69) is 5.32 Å². The van der Waals surface area contributed by atoms with E-state index < -0.39 is 0 Å². The average Bonchev–Trinajstić information content (AvgIpc) is 2.57. The minimum absolute atomic E-state index is 0.144. The minimum atomic E-state index is -0.344. The summed E-state index contributed by atoms with van der Waals surface area (Å²) in [5, 5.41) is 5.75. The Morgan fingerprint density at radius 3 is 2.38 bits per heavy atom. The summed E-state index contributed by atoms with van der Waals surface area (Å²) in [7, 11) is 0. The Morgan fingerprint density at radius 1 is 0.875 bits per heavy atom. The maximum absolute atomic E-state index is 12.0. The standard InChI is InChI=1S/C18H12Cl3NO2/c19-14-8-16(21)17(9-15(14)20)22-18(23)10-24-13-6-5-11-3-1-2-4-12(11)7-13/h1-9H,10H2,(H,22,23). The fourth-order valence-electron chi connectivity index (χ4n) is 2.21. The van der Waals surface area contributed by atoms with Gasteiger partial charge in [-0.25, -0.2) is 0 Å². The highest BCUT2D eigenvalue weighted by atomic mass is 35.5. The maximum Gasteiger partial charge on any atom is 0.262 e. The lowest BCUT2D eigenvalue weighted by molar-refractivity contribution is -0.118. The van der Waals surface area contributed by atoms with E-state index in [0.717, 1.165) is 10.8 Å². The van der Waals surface area contributed by atoms with E-state index in [0.29, 0.717) is 26.5 Å². The number of halogens is 3. The van der Waals surface area contributed by atoms with E-state index in [9.17, 15) is 4.79 Å². The normalized spacial score (nSPS) is 10.6. The van der Waals surface area contributed by atoms with Crippen molar-refractivity contribution in [2.75, 3.05) is 11.9 Å². The van der Waals surface area contributed by atoms with Crippen molar-refractivity contribution in [2.45, 2.75) is 0 Å². The first-order valence-electron chi connectivity index (χ1n) is 7.09. The smallest absolute Gasteiger partial charge is 0.262 e. The van der Waals surface area contributed by atoms with Crippen LogP contribution in [0.25, 0.3) is 10.8 Å². The highest BCUT2D eigenvalue weighted by Gasteiger charge is 2.10. The van der Waals surface area contributed by atoms with E-state index in [1.54, 1.807) is 0 Å². The lowest BCUT2D eigenvalue weighted by atomic mass is 10.1.